The standard InChI is InChI=1S/C10H19BrOSi/c1-8(11)7-9(12)13(5,6)10(2,3)4/h7H,1-6H3/b8-7-. The van der Waals surface area contributed by atoms with Gasteiger partial charge in [-0.1, -0.05) is 49.8 Å². The summed E-state index contributed by atoms with van der Waals surface area (Å²) < 4.78 is 0.919. The van der Waals surface area contributed by atoms with Crippen molar-refractivity contribution < 1.29 is 4.79 Å². The summed E-state index contributed by atoms with van der Waals surface area (Å²) in [5.74, 6) is 0. The Morgan fingerprint density at radius 3 is 1.92 bits per heavy atom. The highest BCUT2D eigenvalue weighted by Gasteiger charge is 2.40. The van der Waals surface area contributed by atoms with Crippen LogP contribution in [0.1, 0.15) is 27.7 Å². The van der Waals surface area contributed by atoms with Gasteiger partial charge in [-0.2, -0.15) is 0 Å². The molecule has 0 rings (SSSR count). The van der Waals surface area contributed by atoms with Crippen LogP contribution in [0.25, 0.3) is 0 Å². The summed E-state index contributed by atoms with van der Waals surface area (Å²) in [5, 5.41) is 0.442. The highest BCUT2D eigenvalue weighted by atomic mass is 79.9. The molecule has 0 saturated heterocycles. The van der Waals surface area contributed by atoms with E-state index in [1.807, 2.05) is 6.92 Å². The number of hydrogen-bond acceptors (Lipinski definition) is 1. The van der Waals surface area contributed by atoms with Crippen LogP contribution in [0.3, 0.4) is 0 Å². The summed E-state index contributed by atoms with van der Waals surface area (Å²) in [4.78, 5) is 11.9. The molecule has 0 atom stereocenters. The number of carbonyl (C=O) groups is 1. The van der Waals surface area contributed by atoms with Crippen LogP contribution in [-0.4, -0.2) is 13.5 Å². The molecule has 0 bridgehead atoms. The van der Waals surface area contributed by atoms with Crippen LogP contribution in [0.15, 0.2) is 10.6 Å². The van der Waals surface area contributed by atoms with Gasteiger partial charge in [-0.05, 0) is 22.5 Å². The molecule has 0 unspecified atom stereocenters. The Morgan fingerprint density at radius 2 is 1.69 bits per heavy atom. The summed E-state index contributed by atoms with van der Waals surface area (Å²) in [6.07, 6.45) is 1.72. The van der Waals surface area contributed by atoms with E-state index in [1.165, 1.54) is 0 Å². The van der Waals surface area contributed by atoms with E-state index in [1.54, 1.807) is 6.08 Å². The van der Waals surface area contributed by atoms with Gasteiger partial charge in [0.2, 0.25) is 0 Å². The van der Waals surface area contributed by atoms with Crippen LogP contribution < -0.4 is 0 Å². The zero-order valence-electron chi connectivity index (χ0n) is 9.36. The maximum absolute atomic E-state index is 11.9. The van der Waals surface area contributed by atoms with E-state index < -0.39 is 8.07 Å². The zero-order chi connectivity index (χ0) is 10.9. The van der Waals surface area contributed by atoms with Crippen molar-refractivity contribution in [2.24, 2.45) is 0 Å². The Balaban J connectivity index is 4.87. The number of halogens is 1. The maximum atomic E-state index is 11.9. The van der Waals surface area contributed by atoms with Gasteiger partial charge in [0, 0.05) is 0 Å². The lowest BCUT2D eigenvalue weighted by atomic mass is 10.2. The van der Waals surface area contributed by atoms with Gasteiger partial charge in [0.15, 0.2) is 0 Å². The number of allylic oxidation sites excluding steroid dienone is 2. The fourth-order valence-corrected chi connectivity index (χ4v) is 2.47. The fourth-order valence-electron chi connectivity index (χ4n) is 0.731. The first kappa shape index (κ1) is 13.1. The van der Waals surface area contributed by atoms with Crippen molar-refractivity contribution >= 4 is 29.4 Å². The summed E-state index contributed by atoms with van der Waals surface area (Å²) in [6.45, 7) is 12.6. The molecule has 0 radical (unpaired) electrons. The number of hydrogen-bond donors (Lipinski definition) is 0. The lowest BCUT2D eigenvalue weighted by molar-refractivity contribution is -0.108. The van der Waals surface area contributed by atoms with Gasteiger partial charge in [-0.25, -0.2) is 0 Å². The normalized spacial score (nSPS) is 14.5. The summed E-state index contributed by atoms with van der Waals surface area (Å²) in [6, 6.07) is 0. The van der Waals surface area contributed by atoms with E-state index in [9.17, 15) is 4.79 Å². The van der Waals surface area contributed by atoms with Crippen molar-refractivity contribution in [3.8, 4) is 0 Å². The second-order valence-electron chi connectivity index (χ2n) is 4.97. The van der Waals surface area contributed by atoms with E-state index in [0.29, 0.717) is 5.41 Å². The molecular weight excluding hydrogens is 244 g/mol. The quantitative estimate of drug-likeness (QED) is 0.545. The Kier molecular flexibility index (Phi) is 4.12. The Hall–Kier alpha value is 0.107. The third-order valence-corrected chi connectivity index (χ3v) is 8.18. The molecular formula is C10H19BrOSi. The molecule has 0 saturated carbocycles. The SMILES string of the molecule is C/C(Br)=C/C(=O)[Si](C)(C)C(C)(C)C. The largest absolute Gasteiger partial charge is 0.301 e. The Bertz CT molecular complexity index is 232. The average Bonchev–Trinajstić information content (AvgIpc) is 1.82. The minimum absolute atomic E-state index is 0.128. The average molecular weight is 263 g/mol. The molecule has 0 aromatic rings. The van der Waals surface area contributed by atoms with E-state index in [2.05, 4.69) is 49.8 Å². The molecule has 76 valence electrons. The van der Waals surface area contributed by atoms with Crippen molar-refractivity contribution in [3.05, 3.63) is 10.6 Å². The first-order valence-electron chi connectivity index (χ1n) is 4.47. The van der Waals surface area contributed by atoms with Crippen LogP contribution in [0.5, 0.6) is 0 Å². The van der Waals surface area contributed by atoms with Gasteiger partial charge in [-0.15, -0.1) is 0 Å². The summed E-state index contributed by atoms with van der Waals surface area (Å²) in [7, 11) is -1.82. The molecule has 0 heterocycles. The van der Waals surface area contributed by atoms with Crippen LogP contribution in [0.2, 0.25) is 18.1 Å². The molecule has 0 aliphatic carbocycles. The lowest BCUT2D eigenvalue weighted by Gasteiger charge is -2.34. The third kappa shape index (κ3) is 3.39. The topological polar surface area (TPSA) is 17.1 Å². The Labute approximate surface area is 90.7 Å². The smallest absolute Gasteiger partial charge is 0.137 e. The van der Waals surface area contributed by atoms with Crippen LogP contribution in [-0.2, 0) is 4.79 Å². The van der Waals surface area contributed by atoms with E-state index in [-0.39, 0.29) is 5.04 Å². The highest BCUT2D eigenvalue weighted by Crippen LogP contribution is 2.36. The molecule has 3 heteroatoms. The molecule has 1 nitrogen and oxygen atoms in total. The zero-order valence-corrected chi connectivity index (χ0v) is 11.9. The fraction of sp³-hybridized carbons (Fsp3) is 0.700. The second kappa shape index (κ2) is 4.09. The lowest BCUT2D eigenvalue weighted by Crippen LogP contribution is -2.45. The van der Waals surface area contributed by atoms with Gasteiger partial charge >= 0.3 is 0 Å². The molecule has 0 spiro atoms. The number of carbonyl (C=O) groups excluding carboxylic acids is 1. The predicted molar refractivity (Wildman–Crippen MR) is 64.9 cm³/mol. The molecule has 0 fully saturated rings. The molecule has 0 N–H and O–H groups in total. The number of rotatable bonds is 2. The maximum Gasteiger partial charge on any atom is 0.137 e. The van der Waals surface area contributed by atoms with Crippen LogP contribution >= 0.6 is 15.9 Å². The predicted octanol–water partition coefficient (Wildman–Crippen LogP) is 3.90. The van der Waals surface area contributed by atoms with Gasteiger partial charge in [0.25, 0.3) is 0 Å². The highest BCUT2D eigenvalue weighted by molar-refractivity contribution is 9.11. The molecule has 0 amide bonds. The minimum atomic E-state index is -1.82. The monoisotopic (exact) mass is 262 g/mol. The van der Waals surface area contributed by atoms with Gasteiger partial charge in [0.05, 0.1) is 0 Å². The summed E-state index contributed by atoms with van der Waals surface area (Å²) >= 11 is 3.30. The van der Waals surface area contributed by atoms with Crippen molar-refractivity contribution in [2.45, 2.75) is 45.8 Å². The van der Waals surface area contributed by atoms with Gasteiger partial charge < -0.3 is 4.79 Å². The molecule has 0 aliphatic rings. The van der Waals surface area contributed by atoms with E-state index in [0.717, 1.165) is 4.48 Å². The molecule has 0 aromatic heterocycles. The minimum Gasteiger partial charge on any atom is -0.301 e. The van der Waals surface area contributed by atoms with Crippen molar-refractivity contribution in [3.63, 3.8) is 0 Å². The first-order valence-corrected chi connectivity index (χ1v) is 8.26. The van der Waals surface area contributed by atoms with Gasteiger partial charge in [0.1, 0.15) is 13.5 Å². The summed E-state index contributed by atoms with van der Waals surface area (Å²) in [5.41, 5.74) is 0. The Morgan fingerprint density at radius 1 is 1.31 bits per heavy atom. The van der Waals surface area contributed by atoms with Crippen molar-refractivity contribution in [1.82, 2.24) is 0 Å². The van der Waals surface area contributed by atoms with Crippen LogP contribution in [0, 0.1) is 0 Å². The van der Waals surface area contributed by atoms with Crippen molar-refractivity contribution in [2.75, 3.05) is 0 Å². The van der Waals surface area contributed by atoms with E-state index in [4.69, 9.17) is 0 Å². The van der Waals surface area contributed by atoms with E-state index >= 15 is 0 Å². The van der Waals surface area contributed by atoms with Crippen LogP contribution in [0.4, 0.5) is 0 Å². The second-order valence-corrected chi connectivity index (χ2v) is 11.5. The molecule has 13 heavy (non-hydrogen) atoms. The third-order valence-electron chi connectivity index (χ3n) is 2.82. The molecule has 0 aliphatic heterocycles. The van der Waals surface area contributed by atoms with Gasteiger partial charge in [-0.3, -0.25) is 0 Å². The first-order chi connectivity index (χ1) is 5.59. The van der Waals surface area contributed by atoms with Crippen molar-refractivity contribution in [1.29, 1.82) is 0 Å². The molecule has 0 aromatic carbocycles.